The zero-order valence-corrected chi connectivity index (χ0v) is 25.1. The number of methoxy groups -OCH3 is 1. The van der Waals surface area contributed by atoms with E-state index >= 15 is 0 Å². The average Bonchev–Trinajstić information content (AvgIpc) is 2.98. The van der Waals surface area contributed by atoms with Crippen LogP contribution in [-0.4, -0.2) is 179 Å². The first-order chi connectivity index (χ1) is 20.4. The first-order valence-electron chi connectivity index (χ1n) is 14.4. The molecule has 0 radical (unpaired) electrons. The van der Waals surface area contributed by atoms with Crippen molar-refractivity contribution in [1.29, 1.82) is 0 Å². The van der Waals surface area contributed by atoms with Gasteiger partial charge in [-0.2, -0.15) is 0 Å². The number of ether oxygens (including phenoxy) is 13. The van der Waals surface area contributed by atoms with Gasteiger partial charge in [-0.15, -0.1) is 0 Å². The summed E-state index contributed by atoms with van der Waals surface area (Å²) in [4.78, 5) is 0. The van der Waals surface area contributed by atoms with Crippen LogP contribution in [0.1, 0.15) is 0 Å². The Kier molecular flexibility index (Phi) is 38.8. The largest absolute Gasteiger partial charge is 0.382 e. The fourth-order valence-electron chi connectivity index (χ4n) is 2.72. The maximum absolute atomic E-state index is 11.8. The lowest BCUT2D eigenvalue weighted by molar-refractivity contribution is -0.0288. The van der Waals surface area contributed by atoms with Crippen molar-refractivity contribution >= 4 is 0 Å². The molecule has 0 aromatic heterocycles. The summed E-state index contributed by atoms with van der Waals surface area (Å²) in [6.07, 6.45) is 0. The van der Waals surface area contributed by atoms with E-state index in [1.807, 2.05) is 0 Å². The summed E-state index contributed by atoms with van der Waals surface area (Å²) in [5.41, 5.74) is 0. The quantitative estimate of drug-likeness (QED) is 0.0923. The van der Waals surface area contributed by atoms with E-state index in [1.165, 1.54) is 0 Å². The van der Waals surface area contributed by atoms with Crippen LogP contribution in [0.4, 0.5) is 4.39 Å². The van der Waals surface area contributed by atoms with Crippen molar-refractivity contribution in [3.8, 4) is 0 Å². The van der Waals surface area contributed by atoms with E-state index in [0.717, 1.165) is 0 Å². The topological polar surface area (TPSA) is 120 Å². The van der Waals surface area contributed by atoms with Crippen LogP contribution in [0.25, 0.3) is 0 Å². The van der Waals surface area contributed by atoms with Crippen LogP contribution in [0, 0.1) is 0 Å². The van der Waals surface area contributed by atoms with E-state index in [9.17, 15) is 4.39 Å². The van der Waals surface area contributed by atoms with E-state index in [2.05, 4.69) is 0 Å². The lowest BCUT2D eigenvalue weighted by atomic mass is 10.6. The van der Waals surface area contributed by atoms with E-state index in [1.54, 1.807) is 7.11 Å². The minimum atomic E-state index is -0.474. The van der Waals surface area contributed by atoms with Gasteiger partial charge in [0.25, 0.3) is 0 Å². The highest BCUT2D eigenvalue weighted by Gasteiger charge is 1.96. The molecule has 41 heavy (non-hydrogen) atoms. The van der Waals surface area contributed by atoms with Crippen LogP contribution in [0.2, 0.25) is 0 Å². The van der Waals surface area contributed by atoms with Gasteiger partial charge >= 0.3 is 0 Å². The van der Waals surface area contributed by atoms with Crippen molar-refractivity contribution in [2.75, 3.05) is 179 Å². The summed E-state index contributed by atoms with van der Waals surface area (Å²) in [6.45, 7) is 11.8. The van der Waals surface area contributed by atoms with Gasteiger partial charge in [0.05, 0.1) is 165 Å². The number of rotatable bonds is 38. The van der Waals surface area contributed by atoms with E-state index in [0.29, 0.717) is 159 Å². The van der Waals surface area contributed by atoms with E-state index in [-0.39, 0.29) is 6.61 Å². The maximum atomic E-state index is 11.8. The lowest BCUT2D eigenvalue weighted by Crippen LogP contribution is -2.15. The molecule has 0 fully saturated rings. The van der Waals surface area contributed by atoms with Gasteiger partial charge in [0, 0.05) is 7.11 Å². The molecule has 0 aliphatic carbocycles. The Hall–Kier alpha value is -0.590. The minimum absolute atomic E-state index is 0.113. The molecule has 0 amide bonds. The van der Waals surface area contributed by atoms with Gasteiger partial charge in [0.2, 0.25) is 0 Å². The molecule has 0 atom stereocenters. The third-order valence-electron chi connectivity index (χ3n) is 4.75. The molecule has 0 aromatic carbocycles. The van der Waals surface area contributed by atoms with Crippen molar-refractivity contribution < 1.29 is 66.0 Å². The molecule has 0 unspecified atom stereocenters. The Labute approximate surface area is 245 Å². The number of hydrogen-bond donors (Lipinski definition) is 0. The first kappa shape index (κ1) is 40.4. The summed E-state index contributed by atoms with van der Waals surface area (Å²) in [6, 6.07) is 0. The highest BCUT2D eigenvalue weighted by Crippen LogP contribution is 1.87. The van der Waals surface area contributed by atoms with Gasteiger partial charge in [0.15, 0.2) is 0 Å². The highest BCUT2D eigenvalue weighted by molar-refractivity contribution is 4.39. The predicted molar refractivity (Wildman–Crippen MR) is 148 cm³/mol. The van der Waals surface area contributed by atoms with Crippen LogP contribution in [0.15, 0.2) is 0 Å². The molecule has 0 saturated carbocycles. The molecule has 13 nitrogen and oxygen atoms in total. The molecule has 0 aliphatic heterocycles. The second-order valence-electron chi connectivity index (χ2n) is 8.03. The Morgan fingerprint density at radius 2 is 0.390 bits per heavy atom. The summed E-state index contributed by atoms with van der Waals surface area (Å²) in [5, 5.41) is 0. The summed E-state index contributed by atoms with van der Waals surface area (Å²) >= 11 is 0. The fourth-order valence-corrected chi connectivity index (χ4v) is 2.72. The molecule has 0 heterocycles. The summed E-state index contributed by atoms with van der Waals surface area (Å²) in [5.74, 6) is 0. The third kappa shape index (κ3) is 39.4. The average molecular weight is 607 g/mol. The van der Waals surface area contributed by atoms with Crippen LogP contribution < -0.4 is 0 Å². The smallest absolute Gasteiger partial charge is 0.113 e. The van der Waals surface area contributed by atoms with Gasteiger partial charge in [-0.1, -0.05) is 0 Å². The van der Waals surface area contributed by atoms with Crippen molar-refractivity contribution in [2.24, 2.45) is 0 Å². The molecule has 0 aliphatic rings. The van der Waals surface area contributed by atoms with Gasteiger partial charge in [-0.25, -0.2) is 4.39 Å². The molecule has 0 bridgehead atoms. The number of alkyl halides is 1. The third-order valence-corrected chi connectivity index (χ3v) is 4.75. The molecular weight excluding hydrogens is 551 g/mol. The second kappa shape index (κ2) is 39.4. The molecule has 0 spiro atoms. The summed E-state index contributed by atoms with van der Waals surface area (Å²) in [7, 11) is 1.64. The zero-order chi connectivity index (χ0) is 29.6. The molecule has 0 saturated heterocycles. The first-order valence-corrected chi connectivity index (χ1v) is 14.4. The second-order valence-corrected chi connectivity index (χ2v) is 8.03. The number of halogens is 1. The van der Waals surface area contributed by atoms with Crippen LogP contribution in [-0.2, 0) is 61.6 Å². The van der Waals surface area contributed by atoms with Gasteiger partial charge in [-0.3, -0.25) is 0 Å². The molecule has 0 N–H and O–H groups in total. The van der Waals surface area contributed by atoms with Crippen molar-refractivity contribution in [2.45, 2.75) is 0 Å². The monoisotopic (exact) mass is 606 g/mol. The Morgan fingerprint density at radius 1 is 0.244 bits per heavy atom. The maximum Gasteiger partial charge on any atom is 0.113 e. The highest BCUT2D eigenvalue weighted by atomic mass is 19.1. The molecule has 0 aromatic rings. The zero-order valence-electron chi connectivity index (χ0n) is 25.1. The van der Waals surface area contributed by atoms with Crippen LogP contribution in [0.3, 0.4) is 0 Å². The van der Waals surface area contributed by atoms with Crippen molar-refractivity contribution in [1.82, 2.24) is 0 Å². The van der Waals surface area contributed by atoms with Crippen molar-refractivity contribution in [3.63, 3.8) is 0 Å². The van der Waals surface area contributed by atoms with Crippen LogP contribution >= 0.6 is 0 Å². The Balaban J connectivity index is 3.02. The lowest BCUT2D eigenvalue weighted by Gasteiger charge is -2.09. The molecule has 248 valence electrons. The van der Waals surface area contributed by atoms with Gasteiger partial charge < -0.3 is 61.6 Å². The minimum Gasteiger partial charge on any atom is -0.382 e. The normalized spacial score (nSPS) is 11.6. The standard InChI is InChI=1S/C27H55FO13/c1-29-4-5-31-8-9-33-12-13-35-16-17-37-20-21-39-24-25-41-27-26-40-23-22-38-19-18-36-15-14-34-11-10-32-7-6-30-3-2-28/h2-27H2,1H3. The van der Waals surface area contributed by atoms with E-state index in [4.69, 9.17) is 61.6 Å². The molecular formula is C27H55FO13. The Morgan fingerprint density at radius 3 is 0.537 bits per heavy atom. The fraction of sp³-hybridized carbons (Fsp3) is 1.00. The van der Waals surface area contributed by atoms with Gasteiger partial charge in [-0.05, 0) is 0 Å². The molecule has 14 heteroatoms. The van der Waals surface area contributed by atoms with Gasteiger partial charge in [0.1, 0.15) is 6.67 Å². The molecule has 0 rings (SSSR count). The Bertz CT molecular complexity index is 417. The number of hydrogen-bond acceptors (Lipinski definition) is 13. The van der Waals surface area contributed by atoms with E-state index < -0.39 is 6.67 Å². The van der Waals surface area contributed by atoms with Crippen molar-refractivity contribution in [3.05, 3.63) is 0 Å². The van der Waals surface area contributed by atoms with Crippen LogP contribution in [0.5, 0.6) is 0 Å². The predicted octanol–water partition coefficient (Wildman–Crippen LogP) is 0.802. The summed E-state index contributed by atoms with van der Waals surface area (Å²) < 4.78 is 81.1. The SMILES string of the molecule is COCCOCCOCCOCCOCCOCCOCCOCCOCCOCCOCCOCCOCCF.